The van der Waals surface area contributed by atoms with Crippen molar-refractivity contribution < 1.29 is 19.1 Å². The smallest absolute Gasteiger partial charge is 0.323 e. The maximum absolute atomic E-state index is 12.3. The van der Waals surface area contributed by atoms with Crippen LogP contribution >= 0.6 is 0 Å². The number of rotatable bonds is 4. The highest BCUT2D eigenvalue weighted by molar-refractivity contribution is 5.81. The number of aliphatic carboxylic acids is 1. The van der Waals surface area contributed by atoms with E-state index in [0.29, 0.717) is 0 Å². The molecule has 1 unspecified atom stereocenters. The van der Waals surface area contributed by atoms with Gasteiger partial charge in [-0.2, -0.15) is 0 Å². The minimum absolute atomic E-state index is 0.256. The van der Waals surface area contributed by atoms with Gasteiger partial charge in [-0.05, 0) is 47.6 Å². The monoisotopic (exact) mass is 296 g/mol. The van der Waals surface area contributed by atoms with Crippen molar-refractivity contribution in [2.24, 2.45) is 0 Å². The minimum Gasteiger partial charge on any atom is -0.480 e. The van der Waals surface area contributed by atoms with Gasteiger partial charge in [0.25, 0.3) is 0 Å². The molecule has 0 bridgehead atoms. The largest absolute Gasteiger partial charge is 0.480 e. The maximum Gasteiger partial charge on any atom is 0.323 e. The summed E-state index contributed by atoms with van der Waals surface area (Å²) in [5.41, 5.74) is 0.314. The Hall–Kier alpha value is -1.98. The minimum atomic E-state index is -1.04. The topological polar surface area (TPSA) is 82.8 Å². The van der Waals surface area contributed by atoms with Crippen LogP contribution in [0.2, 0.25) is 0 Å². The molecule has 21 heavy (non-hydrogen) atoms. The molecule has 0 aromatic carbocycles. The Morgan fingerprint density at radius 3 is 2.33 bits per heavy atom. The Labute approximate surface area is 125 Å². The zero-order valence-corrected chi connectivity index (χ0v) is 13.5. The fourth-order valence-corrected chi connectivity index (χ4v) is 2.17. The standard InChI is InChI=1S/C15H24N2O4/c1-9-7-12(11(3)21-9)10(2)16-14(20)17(8-13(18)19)15(4,5)6/h7,10H,8H2,1-6H3,(H,16,20)(H,18,19). The van der Waals surface area contributed by atoms with Crippen LogP contribution in [0.25, 0.3) is 0 Å². The molecule has 6 nitrogen and oxygen atoms in total. The summed E-state index contributed by atoms with van der Waals surface area (Å²) >= 11 is 0. The van der Waals surface area contributed by atoms with Crippen LogP contribution < -0.4 is 5.32 Å². The van der Waals surface area contributed by atoms with Crippen molar-refractivity contribution in [3.05, 3.63) is 23.2 Å². The van der Waals surface area contributed by atoms with Crippen LogP contribution in [0.15, 0.2) is 10.5 Å². The second-order valence-electron chi connectivity index (χ2n) is 6.19. The van der Waals surface area contributed by atoms with E-state index in [2.05, 4.69) is 5.32 Å². The lowest BCUT2D eigenvalue weighted by Crippen LogP contribution is -2.52. The summed E-state index contributed by atoms with van der Waals surface area (Å²) in [6.45, 7) is 10.6. The molecule has 1 atom stereocenters. The highest BCUT2D eigenvalue weighted by Gasteiger charge is 2.29. The summed E-state index contributed by atoms with van der Waals surface area (Å²) in [4.78, 5) is 24.6. The summed E-state index contributed by atoms with van der Waals surface area (Å²) in [5, 5.41) is 11.8. The van der Waals surface area contributed by atoms with Crippen LogP contribution in [0.4, 0.5) is 4.79 Å². The Kier molecular flexibility index (Phi) is 5.04. The fraction of sp³-hybridized carbons (Fsp3) is 0.600. The second kappa shape index (κ2) is 6.20. The zero-order valence-electron chi connectivity index (χ0n) is 13.5. The predicted octanol–water partition coefficient (Wildman–Crippen LogP) is 2.85. The number of aryl methyl sites for hydroxylation is 2. The van der Waals surface area contributed by atoms with E-state index in [1.54, 1.807) is 20.8 Å². The summed E-state index contributed by atoms with van der Waals surface area (Å²) in [6, 6.07) is 1.21. The van der Waals surface area contributed by atoms with Crippen LogP contribution in [0.5, 0.6) is 0 Å². The van der Waals surface area contributed by atoms with Gasteiger partial charge < -0.3 is 19.7 Å². The molecule has 2 amide bonds. The van der Waals surface area contributed by atoms with Gasteiger partial charge in [-0.3, -0.25) is 4.79 Å². The fourth-order valence-electron chi connectivity index (χ4n) is 2.17. The molecule has 0 aliphatic heterocycles. The van der Waals surface area contributed by atoms with Crippen LogP contribution in [0.1, 0.15) is 50.8 Å². The van der Waals surface area contributed by atoms with Gasteiger partial charge in [-0.15, -0.1) is 0 Å². The first-order valence-corrected chi connectivity index (χ1v) is 6.89. The van der Waals surface area contributed by atoms with Crippen LogP contribution in [-0.4, -0.2) is 34.1 Å². The Balaban J connectivity index is 2.86. The lowest BCUT2D eigenvalue weighted by molar-refractivity contribution is -0.138. The number of hydrogen-bond donors (Lipinski definition) is 2. The van der Waals surface area contributed by atoms with Crippen molar-refractivity contribution in [1.82, 2.24) is 10.2 Å². The van der Waals surface area contributed by atoms with Crippen molar-refractivity contribution >= 4 is 12.0 Å². The molecule has 6 heteroatoms. The normalized spacial score (nSPS) is 12.9. The molecular formula is C15H24N2O4. The molecule has 1 aromatic rings. The average molecular weight is 296 g/mol. The molecule has 2 N–H and O–H groups in total. The van der Waals surface area contributed by atoms with Crippen molar-refractivity contribution in [2.75, 3.05) is 6.54 Å². The molecule has 0 radical (unpaired) electrons. The zero-order chi connectivity index (χ0) is 16.4. The van der Waals surface area contributed by atoms with Gasteiger partial charge in [-0.25, -0.2) is 4.79 Å². The Morgan fingerprint density at radius 1 is 1.38 bits per heavy atom. The van der Waals surface area contributed by atoms with Gasteiger partial charge in [0, 0.05) is 11.1 Å². The summed E-state index contributed by atoms with van der Waals surface area (Å²) in [6.07, 6.45) is 0. The number of nitrogens with zero attached hydrogens (tertiary/aromatic N) is 1. The first kappa shape index (κ1) is 17.1. The molecule has 0 saturated heterocycles. The predicted molar refractivity (Wildman–Crippen MR) is 79.2 cm³/mol. The van der Waals surface area contributed by atoms with E-state index in [9.17, 15) is 9.59 Å². The van der Waals surface area contributed by atoms with Crippen LogP contribution in [-0.2, 0) is 4.79 Å². The van der Waals surface area contributed by atoms with E-state index in [0.717, 1.165) is 17.1 Å². The SMILES string of the molecule is Cc1cc(C(C)NC(=O)N(CC(=O)O)C(C)(C)C)c(C)o1. The lowest BCUT2D eigenvalue weighted by atomic mass is 10.1. The molecule has 0 aliphatic carbocycles. The highest BCUT2D eigenvalue weighted by Crippen LogP contribution is 2.22. The van der Waals surface area contributed by atoms with Gasteiger partial charge in [-0.1, -0.05) is 0 Å². The molecule has 0 spiro atoms. The van der Waals surface area contributed by atoms with Crippen molar-refractivity contribution in [1.29, 1.82) is 0 Å². The molecule has 0 aliphatic rings. The first-order chi connectivity index (χ1) is 9.52. The van der Waals surface area contributed by atoms with Crippen LogP contribution in [0.3, 0.4) is 0 Å². The number of nitrogens with one attached hydrogen (secondary N) is 1. The van der Waals surface area contributed by atoms with E-state index in [1.807, 2.05) is 26.8 Å². The highest BCUT2D eigenvalue weighted by atomic mass is 16.4. The van der Waals surface area contributed by atoms with Gasteiger partial charge in [0.15, 0.2) is 0 Å². The van der Waals surface area contributed by atoms with Gasteiger partial charge in [0.1, 0.15) is 18.1 Å². The summed E-state index contributed by atoms with van der Waals surface area (Å²) < 4.78 is 5.45. The molecular weight excluding hydrogens is 272 g/mol. The van der Waals surface area contributed by atoms with Gasteiger partial charge in [0.05, 0.1) is 6.04 Å². The average Bonchev–Trinajstić information content (AvgIpc) is 2.63. The number of carboxylic acid groups (broad SMARTS) is 1. The number of urea groups is 1. The first-order valence-electron chi connectivity index (χ1n) is 6.89. The van der Waals surface area contributed by atoms with Crippen molar-refractivity contribution in [3.63, 3.8) is 0 Å². The molecule has 1 rings (SSSR count). The number of hydrogen-bond acceptors (Lipinski definition) is 3. The summed E-state index contributed by atoms with van der Waals surface area (Å²) in [7, 11) is 0. The van der Waals surface area contributed by atoms with Gasteiger partial charge in [0.2, 0.25) is 0 Å². The third-order valence-electron chi connectivity index (χ3n) is 3.23. The number of carbonyl (C=O) groups is 2. The van der Waals surface area contributed by atoms with E-state index < -0.39 is 17.5 Å². The third-order valence-corrected chi connectivity index (χ3v) is 3.23. The van der Waals surface area contributed by atoms with E-state index >= 15 is 0 Å². The molecule has 118 valence electrons. The van der Waals surface area contributed by atoms with Crippen molar-refractivity contribution in [3.8, 4) is 0 Å². The second-order valence-corrected chi connectivity index (χ2v) is 6.19. The number of furan rings is 1. The Bertz CT molecular complexity index is 528. The molecule has 0 fully saturated rings. The van der Waals surface area contributed by atoms with E-state index in [1.165, 1.54) is 4.90 Å². The maximum atomic E-state index is 12.3. The van der Waals surface area contributed by atoms with Crippen molar-refractivity contribution in [2.45, 2.75) is 53.1 Å². The molecule has 1 aromatic heterocycles. The van der Waals surface area contributed by atoms with Gasteiger partial charge >= 0.3 is 12.0 Å². The number of carboxylic acids is 1. The third kappa shape index (κ3) is 4.51. The van der Waals surface area contributed by atoms with E-state index in [4.69, 9.17) is 9.52 Å². The Morgan fingerprint density at radius 2 is 1.95 bits per heavy atom. The number of carbonyl (C=O) groups excluding carboxylic acids is 1. The molecule has 1 heterocycles. The molecule has 0 saturated carbocycles. The quantitative estimate of drug-likeness (QED) is 0.895. The summed E-state index contributed by atoms with van der Waals surface area (Å²) in [5.74, 6) is 0.491. The lowest BCUT2D eigenvalue weighted by Gasteiger charge is -2.35. The number of amides is 2. The van der Waals surface area contributed by atoms with E-state index in [-0.39, 0.29) is 12.6 Å². The van der Waals surface area contributed by atoms with Crippen LogP contribution in [0, 0.1) is 13.8 Å².